The van der Waals surface area contributed by atoms with Gasteiger partial charge in [0.25, 0.3) is 0 Å². The van der Waals surface area contributed by atoms with E-state index in [1.807, 2.05) is 26.0 Å². The van der Waals surface area contributed by atoms with E-state index in [2.05, 4.69) is 61.5 Å². The molecule has 0 N–H and O–H groups in total. The minimum absolute atomic E-state index is 0. The Morgan fingerprint density at radius 3 is 1.58 bits per heavy atom. The number of hydrogen-bond donors (Lipinski definition) is 0. The largest absolute Gasteiger partial charge is 1.00 e. The van der Waals surface area contributed by atoms with Crippen LogP contribution in [-0.4, -0.2) is 25.3 Å². The van der Waals surface area contributed by atoms with Gasteiger partial charge >= 0.3 is 18.9 Å². The van der Waals surface area contributed by atoms with Gasteiger partial charge in [0.15, 0.2) is 0 Å². The van der Waals surface area contributed by atoms with Crippen LogP contribution in [0.3, 0.4) is 0 Å². The van der Waals surface area contributed by atoms with Crippen LogP contribution in [0.25, 0.3) is 0 Å². The molecule has 2 rings (SSSR count). The summed E-state index contributed by atoms with van der Waals surface area (Å²) in [7, 11) is 0.552. The first kappa shape index (κ1) is 34.6. The van der Waals surface area contributed by atoms with Gasteiger partial charge in [0.1, 0.15) is 5.75 Å². The van der Waals surface area contributed by atoms with E-state index >= 15 is 0 Å². The van der Waals surface area contributed by atoms with Crippen LogP contribution in [0.5, 0.6) is 17.2 Å². The number of ether oxygens (including phenoxy) is 3. The molecule has 0 heterocycles. The van der Waals surface area contributed by atoms with Crippen molar-refractivity contribution >= 4 is 19.4 Å². The Bertz CT molecular complexity index is 1010. The average molecular weight is 535 g/mol. The standard InChI is InChI=1S/C32H48O4P.Li/c1-20(2)11-14-34-27-18-28(35-15-12-21(3)4)31(29(19-27)36-16-13-22(5)6)37-32(33)30-24(8)17-23(7)25(9)26(30)10;/h17-22H,11-16H2,1-10H3;/q-1;+1. The van der Waals surface area contributed by atoms with Crippen molar-refractivity contribution in [1.29, 1.82) is 0 Å². The molecule has 0 radical (unpaired) electrons. The zero-order chi connectivity index (χ0) is 27.7. The number of carbonyl (C=O) groups is 1. The van der Waals surface area contributed by atoms with Gasteiger partial charge in [-0.1, -0.05) is 47.6 Å². The molecule has 0 unspecified atom stereocenters. The maximum Gasteiger partial charge on any atom is 1.00 e. The molecule has 38 heavy (non-hydrogen) atoms. The molecule has 6 heteroatoms. The Labute approximate surface area is 246 Å². The molecule has 0 fully saturated rings. The molecule has 0 bridgehead atoms. The maximum atomic E-state index is 13.8. The van der Waals surface area contributed by atoms with Gasteiger partial charge in [0.05, 0.1) is 31.3 Å². The van der Waals surface area contributed by atoms with Crippen LogP contribution in [0.1, 0.15) is 93.4 Å². The number of hydrogen-bond acceptors (Lipinski definition) is 4. The van der Waals surface area contributed by atoms with Gasteiger partial charge < -0.3 is 27.6 Å². The van der Waals surface area contributed by atoms with Crippen molar-refractivity contribution in [2.75, 3.05) is 19.8 Å². The van der Waals surface area contributed by atoms with Crippen molar-refractivity contribution < 1.29 is 37.9 Å². The Balaban J connectivity index is 0.00000722. The van der Waals surface area contributed by atoms with Crippen molar-refractivity contribution in [3.8, 4) is 17.2 Å². The van der Waals surface area contributed by atoms with Crippen molar-refractivity contribution in [1.82, 2.24) is 0 Å². The molecular formula is C32H48LiO4P. The molecule has 4 nitrogen and oxygen atoms in total. The van der Waals surface area contributed by atoms with Crippen molar-refractivity contribution in [2.45, 2.75) is 88.5 Å². The number of aryl methyl sites for hydroxylation is 2. The fraction of sp³-hybridized carbons (Fsp3) is 0.594. The topological polar surface area (TPSA) is 44.8 Å². The summed E-state index contributed by atoms with van der Waals surface area (Å²) in [5.41, 5.74) is 5.29. The van der Waals surface area contributed by atoms with Crippen LogP contribution in [0.4, 0.5) is 0 Å². The molecule has 0 aliphatic carbocycles. The third-order valence-electron chi connectivity index (χ3n) is 6.67. The van der Waals surface area contributed by atoms with Crippen LogP contribution in [0.2, 0.25) is 0 Å². The Morgan fingerprint density at radius 2 is 1.13 bits per heavy atom. The summed E-state index contributed by atoms with van der Waals surface area (Å²) >= 11 is 0. The zero-order valence-corrected chi connectivity index (χ0v) is 26.7. The Hall–Kier alpha value is -1.46. The first-order valence-electron chi connectivity index (χ1n) is 13.8. The zero-order valence-electron chi connectivity index (χ0n) is 25.8. The summed E-state index contributed by atoms with van der Waals surface area (Å²) in [5, 5.41) is 0.783. The molecule has 0 amide bonds. The van der Waals surface area contributed by atoms with E-state index in [0.29, 0.717) is 57.7 Å². The summed E-state index contributed by atoms with van der Waals surface area (Å²) in [6.07, 6.45) is 2.83. The summed E-state index contributed by atoms with van der Waals surface area (Å²) in [6.45, 7) is 23.2. The first-order chi connectivity index (χ1) is 17.4. The summed E-state index contributed by atoms with van der Waals surface area (Å²) in [6, 6.07) is 5.98. The fourth-order valence-corrected chi connectivity index (χ4v) is 5.10. The number of benzene rings is 2. The predicted octanol–water partition coefficient (Wildman–Crippen LogP) is 5.61. The van der Waals surface area contributed by atoms with E-state index in [9.17, 15) is 4.79 Å². The summed E-state index contributed by atoms with van der Waals surface area (Å²) < 4.78 is 18.7. The SMILES string of the molecule is Cc1cc(C)c(C(=O)[P-]c2c(OCCC(C)C)cc(OCCC(C)C)cc2OCCC(C)C)c(C)c1C.[Li+]. The molecule has 0 aliphatic rings. The Morgan fingerprint density at radius 1 is 0.684 bits per heavy atom. The first-order valence-corrected chi connectivity index (χ1v) is 14.7. The van der Waals surface area contributed by atoms with Gasteiger partial charge in [-0.15, -0.1) is 5.30 Å². The predicted molar refractivity (Wildman–Crippen MR) is 158 cm³/mol. The van der Waals surface area contributed by atoms with Gasteiger partial charge in [0.2, 0.25) is 0 Å². The van der Waals surface area contributed by atoms with Crippen LogP contribution < -0.4 is 38.4 Å². The van der Waals surface area contributed by atoms with E-state index in [4.69, 9.17) is 14.2 Å². The second-order valence-electron chi connectivity index (χ2n) is 11.4. The Kier molecular flexibility index (Phi) is 15.1. The van der Waals surface area contributed by atoms with Gasteiger partial charge in [0, 0.05) is 17.7 Å². The van der Waals surface area contributed by atoms with Crippen LogP contribution in [0, 0.1) is 45.4 Å². The molecule has 0 aromatic heterocycles. The quantitative estimate of drug-likeness (QED) is 0.220. The molecule has 2 aromatic carbocycles. The molecule has 2 aromatic rings. The van der Waals surface area contributed by atoms with Crippen LogP contribution in [-0.2, 0) is 0 Å². The third-order valence-corrected chi connectivity index (χ3v) is 7.76. The molecule has 0 atom stereocenters. The maximum absolute atomic E-state index is 13.8. The van der Waals surface area contributed by atoms with Crippen molar-refractivity contribution in [3.63, 3.8) is 0 Å². The van der Waals surface area contributed by atoms with Crippen LogP contribution >= 0.6 is 8.58 Å². The third kappa shape index (κ3) is 10.6. The molecular weight excluding hydrogens is 486 g/mol. The van der Waals surface area contributed by atoms with E-state index in [1.54, 1.807) is 0 Å². The van der Waals surface area contributed by atoms with E-state index in [0.717, 1.165) is 47.0 Å². The smallest absolute Gasteiger partial charge is 0.496 e. The summed E-state index contributed by atoms with van der Waals surface area (Å²) in [5.74, 6) is 3.69. The molecule has 0 saturated heterocycles. The fourth-order valence-electron chi connectivity index (χ4n) is 3.96. The van der Waals surface area contributed by atoms with Gasteiger partial charge in [-0.2, -0.15) is 0 Å². The van der Waals surface area contributed by atoms with E-state index in [-0.39, 0.29) is 24.4 Å². The molecule has 0 saturated carbocycles. The number of rotatable bonds is 15. The minimum Gasteiger partial charge on any atom is -0.496 e. The molecule has 0 aliphatic heterocycles. The van der Waals surface area contributed by atoms with E-state index < -0.39 is 0 Å². The second kappa shape index (κ2) is 16.6. The monoisotopic (exact) mass is 534 g/mol. The second-order valence-corrected chi connectivity index (χ2v) is 12.5. The van der Waals surface area contributed by atoms with Crippen molar-refractivity contribution in [3.05, 3.63) is 46.0 Å². The van der Waals surface area contributed by atoms with Crippen molar-refractivity contribution in [2.24, 2.45) is 17.8 Å². The molecule has 0 spiro atoms. The van der Waals surface area contributed by atoms with Gasteiger partial charge in [-0.3, -0.25) is 0 Å². The van der Waals surface area contributed by atoms with Gasteiger partial charge in [-0.25, -0.2) is 0 Å². The number of carbonyl (C=O) groups excluding carboxylic acids is 1. The van der Waals surface area contributed by atoms with Gasteiger partial charge in [-0.05, 0) is 92.5 Å². The summed E-state index contributed by atoms with van der Waals surface area (Å²) in [4.78, 5) is 13.8. The normalized spacial score (nSPS) is 11.5. The van der Waals surface area contributed by atoms with Crippen LogP contribution in [0.15, 0.2) is 18.2 Å². The average Bonchev–Trinajstić information content (AvgIpc) is 2.78. The van der Waals surface area contributed by atoms with E-state index in [1.165, 1.54) is 11.1 Å². The molecule has 206 valence electrons. The minimum atomic E-state index is 0.